The normalized spacial score (nSPS) is 17.7. The van der Waals surface area contributed by atoms with Gasteiger partial charge in [0.1, 0.15) is 5.82 Å². The molecule has 0 amide bonds. The molecule has 0 bridgehead atoms. The van der Waals surface area contributed by atoms with Crippen molar-refractivity contribution >= 4 is 6.08 Å². The Labute approximate surface area is 88.3 Å². The van der Waals surface area contributed by atoms with Gasteiger partial charge in [-0.15, -0.1) is 0 Å². The van der Waals surface area contributed by atoms with Crippen LogP contribution in [0.3, 0.4) is 0 Å². The molecule has 1 aromatic rings. The van der Waals surface area contributed by atoms with Gasteiger partial charge in [0.05, 0.1) is 13.2 Å². The van der Waals surface area contributed by atoms with Gasteiger partial charge in [-0.3, -0.25) is 0 Å². The Balaban J connectivity index is 2.40. The molecule has 3 heteroatoms. The third-order valence-corrected chi connectivity index (χ3v) is 2.30. The van der Waals surface area contributed by atoms with Gasteiger partial charge in [-0.1, -0.05) is 24.3 Å². The Bertz CT molecular complexity index is 368. The molecule has 0 N–H and O–H groups in total. The van der Waals surface area contributed by atoms with Crippen molar-refractivity contribution in [2.24, 2.45) is 0 Å². The van der Waals surface area contributed by atoms with E-state index in [1.807, 2.05) is 13.0 Å². The van der Waals surface area contributed by atoms with Crippen LogP contribution in [-0.4, -0.2) is 13.2 Å². The zero-order chi connectivity index (χ0) is 10.7. The number of rotatable bonds is 2. The summed E-state index contributed by atoms with van der Waals surface area (Å²) in [6, 6.07) is 4.94. The van der Waals surface area contributed by atoms with Crippen LogP contribution in [0.5, 0.6) is 0 Å². The summed E-state index contributed by atoms with van der Waals surface area (Å²) in [5, 5.41) is 0. The van der Waals surface area contributed by atoms with Crippen molar-refractivity contribution < 1.29 is 13.9 Å². The molecule has 0 aromatic heterocycles. The summed E-state index contributed by atoms with van der Waals surface area (Å²) in [6.45, 7) is 2.99. The van der Waals surface area contributed by atoms with E-state index >= 15 is 0 Å². The number of benzene rings is 1. The summed E-state index contributed by atoms with van der Waals surface area (Å²) in [4.78, 5) is 0. The molecule has 0 radical (unpaired) electrons. The van der Waals surface area contributed by atoms with E-state index in [4.69, 9.17) is 9.47 Å². The van der Waals surface area contributed by atoms with Crippen LogP contribution in [0, 0.1) is 5.82 Å². The maximum absolute atomic E-state index is 13.5. The average molecular weight is 208 g/mol. The molecule has 0 saturated carbocycles. The third-order valence-electron chi connectivity index (χ3n) is 2.30. The highest BCUT2D eigenvalue weighted by molar-refractivity contribution is 5.54. The van der Waals surface area contributed by atoms with Crippen LogP contribution in [0.4, 0.5) is 4.39 Å². The van der Waals surface area contributed by atoms with Crippen molar-refractivity contribution in [3.05, 3.63) is 41.2 Å². The third kappa shape index (κ3) is 2.08. The molecule has 1 saturated heterocycles. The summed E-state index contributed by atoms with van der Waals surface area (Å²) in [6.07, 6.45) is 3.11. The Hall–Kier alpha value is -1.19. The zero-order valence-corrected chi connectivity index (χ0v) is 8.57. The van der Waals surface area contributed by atoms with Gasteiger partial charge in [0.15, 0.2) is 6.29 Å². The summed E-state index contributed by atoms with van der Waals surface area (Å²) in [5.74, 6) is -0.246. The lowest BCUT2D eigenvalue weighted by atomic mass is 10.1. The maximum atomic E-state index is 13.5. The number of hydrogen-bond acceptors (Lipinski definition) is 2. The van der Waals surface area contributed by atoms with Crippen molar-refractivity contribution in [2.45, 2.75) is 13.2 Å². The predicted octanol–water partition coefficient (Wildman–Crippen LogP) is 2.90. The van der Waals surface area contributed by atoms with E-state index in [0.717, 1.165) is 5.56 Å². The first-order valence-corrected chi connectivity index (χ1v) is 4.97. The van der Waals surface area contributed by atoms with Crippen molar-refractivity contribution in [1.82, 2.24) is 0 Å². The summed E-state index contributed by atoms with van der Waals surface area (Å²) >= 11 is 0. The fourth-order valence-corrected chi connectivity index (χ4v) is 1.64. The Kier molecular flexibility index (Phi) is 3.14. The highest BCUT2D eigenvalue weighted by Crippen LogP contribution is 2.28. The average Bonchev–Trinajstić information content (AvgIpc) is 2.74. The van der Waals surface area contributed by atoms with Gasteiger partial charge in [0, 0.05) is 11.1 Å². The first-order valence-electron chi connectivity index (χ1n) is 4.97. The van der Waals surface area contributed by atoms with Crippen LogP contribution in [0.25, 0.3) is 6.08 Å². The highest BCUT2D eigenvalue weighted by atomic mass is 19.1. The second kappa shape index (κ2) is 4.55. The van der Waals surface area contributed by atoms with E-state index < -0.39 is 6.29 Å². The van der Waals surface area contributed by atoms with Gasteiger partial charge in [-0.2, -0.15) is 0 Å². The molecule has 15 heavy (non-hydrogen) atoms. The first-order chi connectivity index (χ1) is 7.33. The van der Waals surface area contributed by atoms with Crippen LogP contribution in [0.1, 0.15) is 24.3 Å². The first kappa shape index (κ1) is 10.3. The molecule has 1 heterocycles. The van der Waals surface area contributed by atoms with Crippen LogP contribution in [0.2, 0.25) is 0 Å². The van der Waals surface area contributed by atoms with E-state index in [1.165, 1.54) is 6.07 Å². The minimum atomic E-state index is -0.424. The Morgan fingerprint density at radius 3 is 2.73 bits per heavy atom. The van der Waals surface area contributed by atoms with E-state index in [-0.39, 0.29) is 5.82 Å². The van der Waals surface area contributed by atoms with Crippen molar-refractivity contribution in [3.8, 4) is 0 Å². The van der Waals surface area contributed by atoms with E-state index in [2.05, 4.69) is 0 Å². The lowest BCUT2D eigenvalue weighted by molar-refractivity contribution is -0.0444. The molecular weight excluding hydrogens is 195 g/mol. The van der Waals surface area contributed by atoms with Gasteiger partial charge >= 0.3 is 0 Å². The molecule has 1 aliphatic heterocycles. The Morgan fingerprint density at radius 2 is 2.07 bits per heavy atom. The van der Waals surface area contributed by atoms with Crippen molar-refractivity contribution in [2.75, 3.05) is 13.2 Å². The number of hydrogen-bond donors (Lipinski definition) is 0. The number of allylic oxidation sites excluding steroid dienone is 1. The summed E-state index contributed by atoms with van der Waals surface area (Å²) in [7, 11) is 0. The molecular formula is C12H13FO2. The highest BCUT2D eigenvalue weighted by Gasteiger charge is 2.21. The fourth-order valence-electron chi connectivity index (χ4n) is 1.64. The molecule has 2 rings (SSSR count). The fraction of sp³-hybridized carbons (Fsp3) is 0.333. The SMILES string of the molecule is CC=Cc1c(F)cccc1C1OCCO1. The molecule has 80 valence electrons. The molecule has 2 nitrogen and oxygen atoms in total. The molecule has 0 unspecified atom stereocenters. The molecule has 1 aliphatic rings. The van der Waals surface area contributed by atoms with Gasteiger partial charge in [-0.25, -0.2) is 4.39 Å². The van der Waals surface area contributed by atoms with Gasteiger partial charge in [-0.05, 0) is 13.0 Å². The maximum Gasteiger partial charge on any atom is 0.184 e. The molecule has 1 fully saturated rings. The van der Waals surface area contributed by atoms with Gasteiger partial charge in [0.2, 0.25) is 0 Å². The largest absolute Gasteiger partial charge is 0.346 e. The van der Waals surface area contributed by atoms with Crippen LogP contribution in [0.15, 0.2) is 24.3 Å². The summed E-state index contributed by atoms with van der Waals surface area (Å²) in [5.41, 5.74) is 1.30. The second-order valence-corrected chi connectivity index (χ2v) is 3.32. The van der Waals surface area contributed by atoms with E-state index in [9.17, 15) is 4.39 Å². The van der Waals surface area contributed by atoms with Crippen molar-refractivity contribution in [1.29, 1.82) is 0 Å². The lowest BCUT2D eigenvalue weighted by Crippen LogP contribution is -2.02. The Morgan fingerprint density at radius 1 is 1.33 bits per heavy atom. The van der Waals surface area contributed by atoms with E-state index in [1.54, 1.807) is 18.2 Å². The van der Waals surface area contributed by atoms with Gasteiger partial charge < -0.3 is 9.47 Å². The minimum absolute atomic E-state index is 0.246. The van der Waals surface area contributed by atoms with E-state index in [0.29, 0.717) is 18.8 Å². The van der Waals surface area contributed by atoms with Crippen LogP contribution < -0.4 is 0 Å². The monoisotopic (exact) mass is 208 g/mol. The molecule has 1 aromatic carbocycles. The van der Waals surface area contributed by atoms with Gasteiger partial charge in [0.25, 0.3) is 0 Å². The molecule has 0 aliphatic carbocycles. The molecule has 0 spiro atoms. The smallest absolute Gasteiger partial charge is 0.184 e. The lowest BCUT2D eigenvalue weighted by Gasteiger charge is -2.12. The van der Waals surface area contributed by atoms with Crippen LogP contribution in [-0.2, 0) is 9.47 Å². The standard InChI is InChI=1S/C12H13FO2/c1-2-4-9-10(5-3-6-11(9)13)12-14-7-8-15-12/h2-6,12H,7-8H2,1H3. The minimum Gasteiger partial charge on any atom is -0.346 e. The summed E-state index contributed by atoms with van der Waals surface area (Å²) < 4.78 is 24.2. The van der Waals surface area contributed by atoms with Crippen LogP contribution >= 0.6 is 0 Å². The number of ether oxygens (including phenoxy) is 2. The topological polar surface area (TPSA) is 18.5 Å². The number of halogens is 1. The predicted molar refractivity (Wildman–Crippen MR) is 55.8 cm³/mol. The second-order valence-electron chi connectivity index (χ2n) is 3.32. The van der Waals surface area contributed by atoms with Crippen molar-refractivity contribution in [3.63, 3.8) is 0 Å². The molecule has 0 atom stereocenters. The quantitative estimate of drug-likeness (QED) is 0.744. The zero-order valence-electron chi connectivity index (χ0n) is 8.57.